The minimum Gasteiger partial charge on any atom is -0.392 e. The number of nitrogens with two attached hydrogens (primary N) is 1. The molecule has 0 aliphatic rings. The van der Waals surface area contributed by atoms with E-state index < -0.39 is 0 Å². The highest BCUT2D eigenvalue weighted by Gasteiger charge is 2.17. The van der Waals surface area contributed by atoms with Crippen molar-refractivity contribution in [3.05, 3.63) is 32.7 Å². The number of carbonyl (C=O) groups excluding carboxylic acids is 1. The van der Waals surface area contributed by atoms with E-state index in [2.05, 4.69) is 37.2 Å². The maximum Gasteiger partial charge on any atom is 0.253 e. The lowest BCUT2D eigenvalue weighted by molar-refractivity contribution is 0.0945. The zero-order valence-corrected chi connectivity index (χ0v) is 13.9. The average Bonchev–Trinajstić information content (AvgIpc) is 2.31. The fraction of sp³-hybridized carbons (Fsp3) is 0.333. The quantitative estimate of drug-likeness (QED) is 0.753. The number of hydrogen-bond acceptors (Lipinski definition) is 2. The predicted octanol–water partition coefficient (Wildman–Crippen LogP) is 3.40. The van der Waals surface area contributed by atoms with Gasteiger partial charge in [-0.05, 0) is 40.5 Å². The number of halogens is 2. The maximum atomic E-state index is 12.1. The molecular formula is C12H14Br2N2OS. The minimum atomic E-state index is -0.261. The molecule has 0 spiro atoms. The first kappa shape index (κ1) is 15.6. The molecule has 0 radical (unpaired) electrons. The molecule has 0 aliphatic heterocycles. The Morgan fingerprint density at radius 3 is 2.72 bits per heavy atom. The monoisotopic (exact) mass is 392 g/mol. The van der Waals surface area contributed by atoms with Crippen LogP contribution in [0.15, 0.2) is 27.1 Å². The molecule has 0 bridgehead atoms. The van der Waals surface area contributed by atoms with Crippen LogP contribution in [0.4, 0.5) is 0 Å². The summed E-state index contributed by atoms with van der Waals surface area (Å²) in [4.78, 5) is 12.4. The predicted molar refractivity (Wildman–Crippen MR) is 84.8 cm³/mol. The fourth-order valence-electron chi connectivity index (χ4n) is 1.48. The molecule has 1 aromatic carbocycles. The van der Waals surface area contributed by atoms with Crippen molar-refractivity contribution in [1.29, 1.82) is 0 Å². The van der Waals surface area contributed by atoms with Gasteiger partial charge in [-0.1, -0.05) is 41.5 Å². The average molecular weight is 394 g/mol. The Bertz CT molecular complexity index is 465. The first-order valence-corrected chi connectivity index (χ1v) is 7.50. The lowest BCUT2D eigenvalue weighted by Crippen LogP contribution is -2.43. The van der Waals surface area contributed by atoms with Crippen LogP contribution in [0, 0.1) is 0 Å². The molecule has 1 aromatic rings. The van der Waals surface area contributed by atoms with Gasteiger partial charge in [0.25, 0.3) is 5.91 Å². The summed E-state index contributed by atoms with van der Waals surface area (Å²) in [5.74, 6) is -0.186. The van der Waals surface area contributed by atoms with Crippen LogP contribution in [-0.4, -0.2) is 16.9 Å². The van der Waals surface area contributed by atoms with Gasteiger partial charge < -0.3 is 11.1 Å². The van der Waals surface area contributed by atoms with Gasteiger partial charge in [0, 0.05) is 8.95 Å². The van der Waals surface area contributed by atoms with Crippen molar-refractivity contribution < 1.29 is 4.79 Å². The summed E-state index contributed by atoms with van der Waals surface area (Å²) in [7, 11) is 0. The zero-order chi connectivity index (χ0) is 13.7. The van der Waals surface area contributed by atoms with Gasteiger partial charge >= 0.3 is 0 Å². The van der Waals surface area contributed by atoms with Crippen molar-refractivity contribution in [3.8, 4) is 0 Å². The van der Waals surface area contributed by atoms with E-state index in [9.17, 15) is 4.79 Å². The second-order valence-corrected chi connectivity index (χ2v) is 6.08. The highest BCUT2D eigenvalue weighted by atomic mass is 79.9. The summed E-state index contributed by atoms with van der Waals surface area (Å²) in [6.07, 6.45) is 1.65. The molecule has 0 saturated carbocycles. The molecule has 18 heavy (non-hydrogen) atoms. The largest absolute Gasteiger partial charge is 0.392 e. The standard InChI is InChI=1S/C12H14Br2N2OS/c1-2-3-10(11(15)18)16-12(17)8-6-7(13)4-5-9(8)14/h4-6,10H,2-3H2,1H3,(H2,15,18)(H,16,17). The number of carbonyl (C=O) groups is 1. The third-order valence-electron chi connectivity index (χ3n) is 2.40. The van der Waals surface area contributed by atoms with E-state index in [0.29, 0.717) is 10.6 Å². The summed E-state index contributed by atoms with van der Waals surface area (Å²) in [5, 5.41) is 2.85. The second-order valence-electron chi connectivity index (χ2n) is 3.84. The van der Waals surface area contributed by atoms with E-state index in [1.165, 1.54) is 0 Å². The topological polar surface area (TPSA) is 55.1 Å². The molecular weight excluding hydrogens is 380 g/mol. The molecule has 98 valence electrons. The lowest BCUT2D eigenvalue weighted by Gasteiger charge is -2.17. The second kappa shape index (κ2) is 7.21. The Morgan fingerprint density at radius 1 is 1.50 bits per heavy atom. The summed E-state index contributed by atoms with van der Waals surface area (Å²) in [5.41, 5.74) is 6.17. The van der Waals surface area contributed by atoms with E-state index in [0.717, 1.165) is 21.8 Å². The highest BCUT2D eigenvalue weighted by Crippen LogP contribution is 2.21. The van der Waals surface area contributed by atoms with E-state index >= 15 is 0 Å². The van der Waals surface area contributed by atoms with Crippen molar-refractivity contribution in [2.45, 2.75) is 25.8 Å². The third-order valence-corrected chi connectivity index (χ3v) is 3.87. The highest BCUT2D eigenvalue weighted by molar-refractivity contribution is 9.11. The van der Waals surface area contributed by atoms with Crippen LogP contribution in [0.5, 0.6) is 0 Å². The molecule has 0 aromatic heterocycles. The molecule has 0 fully saturated rings. The Hall–Kier alpha value is -0.460. The van der Waals surface area contributed by atoms with Crippen molar-refractivity contribution in [3.63, 3.8) is 0 Å². The normalized spacial score (nSPS) is 11.9. The molecule has 1 rings (SSSR count). The van der Waals surface area contributed by atoms with Gasteiger partial charge in [0.1, 0.15) is 0 Å². The number of thiocarbonyl (C=S) groups is 1. The first-order valence-electron chi connectivity index (χ1n) is 5.51. The molecule has 6 heteroatoms. The van der Waals surface area contributed by atoms with Crippen LogP contribution in [-0.2, 0) is 0 Å². The first-order chi connectivity index (χ1) is 8.45. The van der Waals surface area contributed by atoms with Gasteiger partial charge in [0.2, 0.25) is 0 Å². The molecule has 1 unspecified atom stereocenters. The molecule has 3 N–H and O–H groups in total. The van der Waals surface area contributed by atoms with Crippen molar-refractivity contribution in [1.82, 2.24) is 5.32 Å². The maximum absolute atomic E-state index is 12.1. The van der Waals surface area contributed by atoms with E-state index in [1.807, 2.05) is 19.1 Å². The molecule has 0 saturated heterocycles. The molecule has 1 amide bonds. The van der Waals surface area contributed by atoms with Gasteiger partial charge in [-0.15, -0.1) is 0 Å². The SMILES string of the molecule is CCCC(NC(=O)c1cc(Br)ccc1Br)C(N)=S. The van der Waals surface area contributed by atoms with Crippen LogP contribution < -0.4 is 11.1 Å². The summed E-state index contributed by atoms with van der Waals surface area (Å²) in [6.45, 7) is 2.02. The van der Waals surface area contributed by atoms with Gasteiger partial charge in [-0.2, -0.15) is 0 Å². The van der Waals surface area contributed by atoms with Gasteiger partial charge in [-0.3, -0.25) is 4.79 Å². The van der Waals surface area contributed by atoms with E-state index in [1.54, 1.807) is 6.07 Å². The zero-order valence-electron chi connectivity index (χ0n) is 9.87. The number of hydrogen-bond donors (Lipinski definition) is 2. The Kier molecular flexibility index (Phi) is 6.25. The van der Waals surface area contributed by atoms with Gasteiger partial charge in [-0.25, -0.2) is 0 Å². The number of nitrogens with one attached hydrogen (secondary N) is 1. The van der Waals surface area contributed by atoms with Crippen LogP contribution in [0.3, 0.4) is 0 Å². The van der Waals surface area contributed by atoms with Crippen molar-refractivity contribution in [2.24, 2.45) is 5.73 Å². The van der Waals surface area contributed by atoms with Crippen LogP contribution >= 0.6 is 44.1 Å². The molecule has 0 heterocycles. The summed E-state index contributed by atoms with van der Waals surface area (Å²) >= 11 is 11.6. The van der Waals surface area contributed by atoms with Crippen LogP contribution in [0.1, 0.15) is 30.1 Å². The minimum absolute atomic E-state index is 0.186. The van der Waals surface area contributed by atoms with Gasteiger partial charge in [0.05, 0.1) is 16.6 Å². The Balaban J connectivity index is 2.86. The van der Waals surface area contributed by atoms with Crippen LogP contribution in [0.25, 0.3) is 0 Å². The van der Waals surface area contributed by atoms with Crippen molar-refractivity contribution >= 4 is 55.0 Å². The number of benzene rings is 1. The summed E-state index contributed by atoms with van der Waals surface area (Å²) in [6, 6.07) is 5.16. The molecule has 3 nitrogen and oxygen atoms in total. The third kappa shape index (κ3) is 4.33. The van der Waals surface area contributed by atoms with E-state index in [-0.39, 0.29) is 11.9 Å². The Morgan fingerprint density at radius 2 is 2.17 bits per heavy atom. The van der Waals surface area contributed by atoms with Crippen molar-refractivity contribution in [2.75, 3.05) is 0 Å². The summed E-state index contributed by atoms with van der Waals surface area (Å²) < 4.78 is 1.58. The molecule has 1 atom stereocenters. The van der Waals surface area contributed by atoms with Crippen LogP contribution in [0.2, 0.25) is 0 Å². The Labute approximate surface area is 129 Å². The molecule has 0 aliphatic carbocycles. The smallest absolute Gasteiger partial charge is 0.253 e. The van der Waals surface area contributed by atoms with Gasteiger partial charge in [0.15, 0.2) is 0 Å². The van der Waals surface area contributed by atoms with E-state index in [4.69, 9.17) is 18.0 Å². The number of amides is 1. The fourth-order valence-corrected chi connectivity index (χ4v) is 2.45. The number of rotatable bonds is 5. The lowest BCUT2D eigenvalue weighted by atomic mass is 10.1.